The number of carbonyl (C=O) groups excluding carboxylic acids is 1. The molecule has 0 aliphatic carbocycles. The minimum Gasteiger partial charge on any atom is -0.497 e. The van der Waals surface area contributed by atoms with Gasteiger partial charge in [-0.2, -0.15) is 13.2 Å². The van der Waals surface area contributed by atoms with E-state index in [9.17, 15) is 18.0 Å². The Kier molecular flexibility index (Phi) is 6.27. The number of anilines is 2. The molecule has 0 heterocycles. The highest BCUT2D eigenvalue weighted by Crippen LogP contribution is 2.24. The molecule has 134 valence electrons. The monoisotopic (exact) mass is 352 g/mol. The summed E-state index contributed by atoms with van der Waals surface area (Å²) >= 11 is 0. The third-order valence-corrected chi connectivity index (χ3v) is 3.48. The maximum Gasteiger partial charge on any atom is 0.405 e. The van der Waals surface area contributed by atoms with Crippen LogP contribution in [0.25, 0.3) is 0 Å². The number of carbonyl (C=O) groups is 1. The van der Waals surface area contributed by atoms with Crippen LogP contribution in [0.1, 0.15) is 12.0 Å². The summed E-state index contributed by atoms with van der Waals surface area (Å²) in [5, 5.41) is 4.94. The van der Waals surface area contributed by atoms with Gasteiger partial charge in [-0.05, 0) is 36.2 Å². The molecule has 0 unspecified atom stereocenters. The number of nitrogens with one attached hydrogen (secondary N) is 2. The number of alkyl halides is 3. The number of amides is 1. The summed E-state index contributed by atoms with van der Waals surface area (Å²) < 4.78 is 42.1. The highest BCUT2D eigenvalue weighted by atomic mass is 19.4. The molecule has 7 heteroatoms. The van der Waals surface area contributed by atoms with Gasteiger partial charge in [0.1, 0.15) is 12.3 Å². The second kappa shape index (κ2) is 8.41. The van der Waals surface area contributed by atoms with E-state index in [4.69, 9.17) is 4.74 Å². The number of halogens is 3. The fourth-order valence-electron chi connectivity index (χ4n) is 2.20. The van der Waals surface area contributed by atoms with Crippen LogP contribution in [-0.2, 0) is 11.2 Å². The molecule has 4 nitrogen and oxygen atoms in total. The van der Waals surface area contributed by atoms with Crippen molar-refractivity contribution in [1.29, 1.82) is 0 Å². The van der Waals surface area contributed by atoms with E-state index in [1.807, 2.05) is 24.3 Å². The summed E-state index contributed by atoms with van der Waals surface area (Å²) in [5.74, 6) is 0.468. The highest BCUT2D eigenvalue weighted by molar-refractivity contribution is 5.94. The van der Waals surface area contributed by atoms with E-state index in [-0.39, 0.29) is 18.0 Å². The third kappa shape index (κ3) is 6.37. The summed E-state index contributed by atoms with van der Waals surface area (Å²) in [6, 6.07) is 13.7. The Labute approximate surface area is 144 Å². The fourth-order valence-corrected chi connectivity index (χ4v) is 2.20. The van der Waals surface area contributed by atoms with Gasteiger partial charge in [-0.3, -0.25) is 4.79 Å². The lowest BCUT2D eigenvalue weighted by atomic mass is 10.1. The Morgan fingerprint density at radius 3 is 2.28 bits per heavy atom. The largest absolute Gasteiger partial charge is 0.497 e. The number of aryl methyl sites for hydroxylation is 1. The molecule has 0 aliphatic rings. The predicted molar refractivity (Wildman–Crippen MR) is 90.9 cm³/mol. The highest BCUT2D eigenvalue weighted by Gasteiger charge is 2.27. The summed E-state index contributed by atoms with van der Waals surface area (Å²) in [7, 11) is 1.58. The lowest BCUT2D eigenvalue weighted by Gasteiger charge is -2.14. The first-order valence-electron chi connectivity index (χ1n) is 7.70. The van der Waals surface area contributed by atoms with Gasteiger partial charge in [0.25, 0.3) is 0 Å². The zero-order chi connectivity index (χ0) is 18.3. The Morgan fingerprint density at radius 2 is 1.68 bits per heavy atom. The number of hydrogen-bond acceptors (Lipinski definition) is 3. The molecule has 0 aliphatic heterocycles. The van der Waals surface area contributed by atoms with E-state index in [0.717, 1.165) is 11.3 Å². The molecule has 0 atom stereocenters. The molecular formula is C18H19F3N2O2. The second-order valence-corrected chi connectivity index (χ2v) is 5.41. The van der Waals surface area contributed by atoms with Crippen LogP contribution in [0.4, 0.5) is 24.5 Å². The zero-order valence-electron chi connectivity index (χ0n) is 13.7. The molecule has 0 saturated heterocycles. The smallest absolute Gasteiger partial charge is 0.405 e. The minimum atomic E-state index is -4.33. The van der Waals surface area contributed by atoms with Crippen molar-refractivity contribution in [3.05, 3.63) is 54.1 Å². The lowest BCUT2D eigenvalue weighted by molar-refractivity contribution is -0.116. The molecule has 2 aromatic carbocycles. The van der Waals surface area contributed by atoms with Gasteiger partial charge in [-0.1, -0.05) is 24.3 Å². The number of rotatable bonds is 7. The average molecular weight is 352 g/mol. The Morgan fingerprint density at radius 1 is 1.04 bits per heavy atom. The zero-order valence-corrected chi connectivity index (χ0v) is 13.7. The summed E-state index contributed by atoms with van der Waals surface area (Å²) in [4.78, 5) is 12.1. The molecule has 0 radical (unpaired) electrons. The topological polar surface area (TPSA) is 50.4 Å². The maximum atomic E-state index is 12.3. The SMILES string of the molecule is COc1ccc(CCC(=O)Nc2ccccc2NCC(F)(F)F)cc1. The molecular weight excluding hydrogens is 333 g/mol. The van der Waals surface area contributed by atoms with E-state index in [1.54, 1.807) is 25.3 Å². The first-order valence-corrected chi connectivity index (χ1v) is 7.70. The van der Waals surface area contributed by atoms with Crippen LogP contribution in [0.15, 0.2) is 48.5 Å². The molecule has 2 N–H and O–H groups in total. The molecule has 0 fully saturated rings. The van der Waals surface area contributed by atoms with E-state index >= 15 is 0 Å². The van der Waals surface area contributed by atoms with Crippen molar-refractivity contribution in [1.82, 2.24) is 0 Å². The predicted octanol–water partition coefficient (Wildman–Crippen LogP) is 4.24. The van der Waals surface area contributed by atoms with Crippen LogP contribution >= 0.6 is 0 Å². The molecule has 2 rings (SSSR count). The van der Waals surface area contributed by atoms with Gasteiger partial charge < -0.3 is 15.4 Å². The number of benzene rings is 2. The van der Waals surface area contributed by atoms with Crippen molar-refractivity contribution >= 4 is 17.3 Å². The Balaban J connectivity index is 1.91. The fraction of sp³-hybridized carbons (Fsp3) is 0.278. The average Bonchev–Trinajstić information content (AvgIpc) is 2.59. The third-order valence-electron chi connectivity index (χ3n) is 3.48. The van der Waals surface area contributed by atoms with Gasteiger partial charge in [0, 0.05) is 6.42 Å². The number of hydrogen-bond donors (Lipinski definition) is 2. The van der Waals surface area contributed by atoms with Crippen LogP contribution in [0.5, 0.6) is 5.75 Å². The number of ether oxygens (including phenoxy) is 1. The van der Waals surface area contributed by atoms with Gasteiger partial charge in [0.2, 0.25) is 5.91 Å². The second-order valence-electron chi connectivity index (χ2n) is 5.41. The van der Waals surface area contributed by atoms with Crippen LogP contribution < -0.4 is 15.4 Å². The molecule has 1 amide bonds. The van der Waals surface area contributed by atoms with E-state index in [2.05, 4.69) is 10.6 Å². The first-order chi connectivity index (χ1) is 11.9. The van der Waals surface area contributed by atoms with Crippen LogP contribution in [0.3, 0.4) is 0 Å². The van der Waals surface area contributed by atoms with Gasteiger partial charge in [-0.15, -0.1) is 0 Å². The van der Waals surface area contributed by atoms with Crippen LogP contribution in [0.2, 0.25) is 0 Å². The standard InChI is InChI=1S/C18H19F3N2O2/c1-25-14-9-6-13(7-10-14)8-11-17(24)23-16-5-3-2-4-15(16)22-12-18(19,20)21/h2-7,9-10,22H,8,11-12H2,1H3,(H,23,24). The Hall–Kier alpha value is -2.70. The van der Waals surface area contributed by atoms with E-state index in [0.29, 0.717) is 12.1 Å². The molecule has 0 spiro atoms. The van der Waals surface area contributed by atoms with Crippen molar-refractivity contribution in [2.45, 2.75) is 19.0 Å². The van der Waals surface area contributed by atoms with Gasteiger partial charge in [0.05, 0.1) is 18.5 Å². The van der Waals surface area contributed by atoms with E-state index < -0.39 is 12.7 Å². The molecule has 25 heavy (non-hydrogen) atoms. The molecule has 2 aromatic rings. The van der Waals surface area contributed by atoms with E-state index in [1.165, 1.54) is 6.07 Å². The first kappa shape index (κ1) is 18.6. The lowest BCUT2D eigenvalue weighted by Crippen LogP contribution is -2.22. The van der Waals surface area contributed by atoms with Crippen molar-refractivity contribution in [3.8, 4) is 5.75 Å². The summed E-state index contributed by atoms with van der Waals surface area (Å²) in [6.45, 7) is -1.16. The number of methoxy groups -OCH3 is 1. The maximum absolute atomic E-state index is 12.3. The normalized spacial score (nSPS) is 11.0. The molecule has 0 saturated carbocycles. The van der Waals surface area contributed by atoms with Gasteiger partial charge in [-0.25, -0.2) is 0 Å². The van der Waals surface area contributed by atoms with Crippen molar-refractivity contribution in [2.75, 3.05) is 24.3 Å². The van der Waals surface area contributed by atoms with Crippen molar-refractivity contribution < 1.29 is 22.7 Å². The van der Waals surface area contributed by atoms with Crippen molar-refractivity contribution in [2.24, 2.45) is 0 Å². The van der Waals surface area contributed by atoms with Crippen LogP contribution in [0, 0.1) is 0 Å². The Bertz CT molecular complexity index is 700. The minimum absolute atomic E-state index is 0.222. The van der Waals surface area contributed by atoms with Crippen molar-refractivity contribution in [3.63, 3.8) is 0 Å². The number of para-hydroxylation sites is 2. The summed E-state index contributed by atoms with van der Waals surface area (Å²) in [5.41, 5.74) is 1.53. The van der Waals surface area contributed by atoms with Crippen LogP contribution in [-0.4, -0.2) is 25.7 Å². The van der Waals surface area contributed by atoms with Gasteiger partial charge >= 0.3 is 6.18 Å². The summed E-state index contributed by atoms with van der Waals surface area (Å²) in [6.07, 6.45) is -3.58. The quantitative estimate of drug-likeness (QED) is 0.784. The molecule has 0 bridgehead atoms. The van der Waals surface area contributed by atoms with Gasteiger partial charge in [0.15, 0.2) is 0 Å². The molecule has 0 aromatic heterocycles.